The molecule has 1 aromatic carbocycles. The summed E-state index contributed by atoms with van der Waals surface area (Å²) in [5.74, 6) is -1.45. The van der Waals surface area contributed by atoms with Crippen molar-refractivity contribution in [3.05, 3.63) is 35.7 Å². The van der Waals surface area contributed by atoms with Crippen molar-refractivity contribution in [1.29, 1.82) is 0 Å². The zero-order valence-corrected chi connectivity index (χ0v) is 19.4. The highest BCUT2D eigenvalue weighted by molar-refractivity contribution is 7.89. The molecule has 180 valence electrons. The minimum absolute atomic E-state index is 0.178. The molecule has 0 spiro atoms. The third kappa shape index (κ3) is 4.10. The number of ether oxygens (including phenoxy) is 3. The third-order valence-electron chi connectivity index (χ3n) is 4.78. The van der Waals surface area contributed by atoms with Crippen LogP contribution >= 0.6 is 11.6 Å². The molecule has 0 aliphatic heterocycles. The number of alkyl halides is 2. The fraction of sp³-hybridized carbons (Fsp3) is 0.211. The average molecular weight is 515 g/mol. The lowest BCUT2D eigenvalue weighted by molar-refractivity contribution is -0.0534. The summed E-state index contributed by atoms with van der Waals surface area (Å²) in [5, 5.41) is 10.1. The largest absolute Gasteiger partial charge is 0.478 e. The number of fused-ring (bicyclic) bond motifs is 1. The van der Waals surface area contributed by atoms with Crippen LogP contribution in [0.15, 0.2) is 35.6 Å². The van der Waals surface area contributed by atoms with Gasteiger partial charge in [0.2, 0.25) is 21.7 Å². The highest BCUT2D eigenvalue weighted by Gasteiger charge is 2.27. The van der Waals surface area contributed by atoms with Crippen molar-refractivity contribution >= 4 is 32.5 Å². The van der Waals surface area contributed by atoms with Crippen molar-refractivity contribution in [2.45, 2.75) is 11.5 Å². The Hall–Kier alpha value is -3.49. The molecular formula is C19H17ClF2N6O5S. The van der Waals surface area contributed by atoms with E-state index in [1.807, 2.05) is 0 Å². The van der Waals surface area contributed by atoms with E-state index in [0.29, 0.717) is 11.1 Å². The summed E-state index contributed by atoms with van der Waals surface area (Å²) in [6.07, 6.45) is 4.41. The quantitative estimate of drug-likeness (QED) is 0.397. The van der Waals surface area contributed by atoms with Gasteiger partial charge in [-0.15, -0.1) is 0 Å². The van der Waals surface area contributed by atoms with E-state index in [4.69, 9.17) is 26.2 Å². The summed E-state index contributed by atoms with van der Waals surface area (Å²) in [4.78, 5) is 8.02. The van der Waals surface area contributed by atoms with Gasteiger partial charge >= 0.3 is 6.61 Å². The van der Waals surface area contributed by atoms with E-state index in [1.54, 1.807) is 13.2 Å². The Kier molecular flexibility index (Phi) is 6.05. The molecule has 0 aliphatic carbocycles. The fourth-order valence-corrected chi connectivity index (χ4v) is 4.44. The fourth-order valence-electron chi connectivity index (χ4n) is 3.45. The number of sulfonamides is 1. The first-order valence-electron chi connectivity index (χ1n) is 9.35. The highest BCUT2D eigenvalue weighted by atomic mass is 35.5. The molecule has 11 nitrogen and oxygen atoms in total. The smallest absolute Gasteiger partial charge is 0.387 e. The zero-order chi connectivity index (χ0) is 24.8. The first-order chi connectivity index (χ1) is 16.0. The average Bonchev–Trinajstić information content (AvgIpc) is 3.37. The van der Waals surface area contributed by atoms with Crippen LogP contribution in [-0.2, 0) is 17.1 Å². The monoisotopic (exact) mass is 514 g/mol. The van der Waals surface area contributed by atoms with Gasteiger partial charge in [-0.2, -0.15) is 23.8 Å². The zero-order valence-electron chi connectivity index (χ0n) is 17.9. The summed E-state index contributed by atoms with van der Waals surface area (Å²) in [6.45, 7) is -3.20. The second kappa shape index (κ2) is 8.70. The molecule has 4 rings (SSSR count). The van der Waals surface area contributed by atoms with Gasteiger partial charge in [0.15, 0.2) is 0 Å². The van der Waals surface area contributed by atoms with Crippen LogP contribution in [0.2, 0.25) is 5.02 Å². The van der Waals surface area contributed by atoms with Gasteiger partial charge in [-0.05, 0) is 12.1 Å². The van der Waals surface area contributed by atoms with Crippen molar-refractivity contribution in [2.24, 2.45) is 12.2 Å². The molecule has 0 atom stereocenters. The van der Waals surface area contributed by atoms with Crippen LogP contribution in [0.25, 0.3) is 28.0 Å². The maximum absolute atomic E-state index is 12.9. The van der Waals surface area contributed by atoms with E-state index in [1.165, 1.54) is 48.0 Å². The van der Waals surface area contributed by atoms with Gasteiger partial charge < -0.3 is 14.2 Å². The van der Waals surface area contributed by atoms with Crippen LogP contribution in [0.3, 0.4) is 0 Å². The second-order valence-electron chi connectivity index (χ2n) is 6.88. The van der Waals surface area contributed by atoms with Crippen molar-refractivity contribution in [3.8, 4) is 34.6 Å². The number of benzene rings is 1. The lowest BCUT2D eigenvalue weighted by Crippen LogP contribution is -2.12. The Morgan fingerprint density at radius 3 is 2.26 bits per heavy atom. The van der Waals surface area contributed by atoms with Gasteiger partial charge in [-0.3, -0.25) is 9.25 Å². The van der Waals surface area contributed by atoms with Gasteiger partial charge in [0.25, 0.3) is 11.8 Å². The highest BCUT2D eigenvalue weighted by Crippen LogP contribution is 2.41. The molecule has 0 amide bonds. The molecular weight excluding hydrogens is 498 g/mol. The molecule has 3 heterocycles. The number of nitrogens with zero attached hydrogens (tertiary/aromatic N) is 5. The molecule has 34 heavy (non-hydrogen) atoms. The molecule has 0 fully saturated rings. The summed E-state index contributed by atoms with van der Waals surface area (Å²) in [7, 11) is -0.132. The molecule has 0 bridgehead atoms. The Labute approximate surface area is 196 Å². The molecule has 0 aliphatic rings. The lowest BCUT2D eigenvalue weighted by atomic mass is 10.1. The number of nitrogens with two attached hydrogens (primary N) is 1. The van der Waals surface area contributed by atoms with Gasteiger partial charge in [0, 0.05) is 36.0 Å². The number of hydrogen-bond donors (Lipinski definition) is 1. The van der Waals surface area contributed by atoms with Gasteiger partial charge in [0.05, 0.1) is 31.0 Å². The number of primary sulfonamides is 1. The van der Waals surface area contributed by atoms with E-state index in [2.05, 4.69) is 19.8 Å². The van der Waals surface area contributed by atoms with Crippen LogP contribution in [0, 0.1) is 0 Å². The molecule has 0 saturated heterocycles. The summed E-state index contributed by atoms with van der Waals surface area (Å²) < 4.78 is 68.0. The number of aryl methyl sites for hydroxylation is 1. The van der Waals surface area contributed by atoms with Crippen LogP contribution in [0.5, 0.6) is 17.5 Å². The van der Waals surface area contributed by atoms with E-state index < -0.39 is 22.4 Å². The van der Waals surface area contributed by atoms with Crippen molar-refractivity contribution in [3.63, 3.8) is 0 Å². The predicted octanol–water partition coefficient (Wildman–Crippen LogP) is 2.74. The molecule has 0 saturated carbocycles. The third-order valence-corrected chi connectivity index (χ3v) is 6.03. The number of rotatable bonds is 7. The molecule has 4 aromatic rings. The van der Waals surface area contributed by atoms with Gasteiger partial charge in [0.1, 0.15) is 4.90 Å². The summed E-state index contributed by atoms with van der Waals surface area (Å²) in [5.41, 5.74) is 1.25. The Morgan fingerprint density at radius 2 is 1.76 bits per heavy atom. The van der Waals surface area contributed by atoms with E-state index in [9.17, 15) is 17.2 Å². The Morgan fingerprint density at radius 1 is 1.12 bits per heavy atom. The lowest BCUT2D eigenvalue weighted by Gasteiger charge is -2.15. The standard InChI is InChI=1S/C19H17ClF2N6O5S/c1-27-7-9(6-24-27)13-11(20)5-4-10-12(34(23,29)30)8-28(14(10)13)19-25-16(31-2)15(33-18(21)22)17(26-19)32-3/h4-8,18H,1-3H3,(H2,23,29,30). The summed E-state index contributed by atoms with van der Waals surface area (Å²) in [6, 6.07) is 3.00. The molecule has 3 aromatic heterocycles. The number of aromatic nitrogens is 5. The number of hydrogen-bond acceptors (Lipinski definition) is 8. The minimum Gasteiger partial charge on any atom is -0.478 e. The van der Waals surface area contributed by atoms with E-state index in [0.717, 1.165) is 0 Å². The van der Waals surface area contributed by atoms with Gasteiger partial charge in [-0.25, -0.2) is 13.6 Å². The summed E-state index contributed by atoms with van der Waals surface area (Å²) >= 11 is 6.50. The number of halogens is 3. The van der Waals surface area contributed by atoms with Gasteiger partial charge in [-0.1, -0.05) is 11.6 Å². The van der Waals surface area contributed by atoms with Crippen LogP contribution in [0.4, 0.5) is 8.78 Å². The van der Waals surface area contributed by atoms with Crippen molar-refractivity contribution in [2.75, 3.05) is 14.2 Å². The Bertz CT molecular complexity index is 1480. The van der Waals surface area contributed by atoms with Crippen LogP contribution < -0.4 is 19.3 Å². The van der Waals surface area contributed by atoms with Crippen LogP contribution in [0.1, 0.15) is 0 Å². The predicted molar refractivity (Wildman–Crippen MR) is 117 cm³/mol. The Balaban J connectivity index is 2.12. The molecule has 0 unspecified atom stereocenters. The normalized spacial score (nSPS) is 11.9. The first kappa shape index (κ1) is 23.7. The SMILES string of the molecule is COc1nc(-n2cc(S(N)(=O)=O)c3ccc(Cl)c(-c4cnn(C)c4)c32)nc(OC)c1OC(F)F. The second-order valence-corrected chi connectivity index (χ2v) is 8.82. The maximum atomic E-state index is 12.9. The number of methoxy groups -OCH3 is 2. The topological polar surface area (TPSA) is 136 Å². The van der Waals surface area contributed by atoms with E-state index >= 15 is 0 Å². The maximum Gasteiger partial charge on any atom is 0.387 e. The van der Waals surface area contributed by atoms with Crippen LogP contribution in [-0.4, -0.2) is 53.6 Å². The first-order valence-corrected chi connectivity index (χ1v) is 11.3. The van der Waals surface area contributed by atoms with Crippen molar-refractivity contribution in [1.82, 2.24) is 24.3 Å². The molecule has 0 radical (unpaired) electrons. The van der Waals surface area contributed by atoms with Crippen molar-refractivity contribution < 1.29 is 31.4 Å². The molecule has 2 N–H and O–H groups in total. The minimum atomic E-state index is -4.21. The molecule has 15 heteroatoms. The van der Waals surface area contributed by atoms with E-state index in [-0.39, 0.29) is 38.5 Å².